The molecule has 0 saturated carbocycles. The third-order valence-electron chi connectivity index (χ3n) is 5.68. The van der Waals surface area contributed by atoms with Gasteiger partial charge in [0.25, 0.3) is 0 Å². The van der Waals surface area contributed by atoms with Crippen LogP contribution in [0.2, 0.25) is 0 Å². The van der Waals surface area contributed by atoms with Gasteiger partial charge in [0.2, 0.25) is 17.6 Å². The largest absolute Gasteiger partial charge is 0.497 e. The molecule has 0 radical (unpaired) electrons. The minimum Gasteiger partial charge on any atom is -0.497 e. The normalized spacial score (nSPS) is 16.6. The number of nitrogens with zero attached hydrogens (tertiary/aromatic N) is 3. The third kappa shape index (κ3) is 5.70. The van der Waals surface area contributed by atoms with Crippen LogP contribution in [0.5, 0.6) is 5.75 Å². The Kier molecular flexibility index (Phi) is 7.11. The van der Waals surface area contributed by atoms with E-state index in [0.29, 0.717) is 36.9 Å². The molecule has 0 bridgehead atoms. The first-order valence-electron chi connectivity index (χ1n) is 10.8. The van der Waals surface area contributed by atoms with Gasteiger partial charge in [-0.05, 0) is 67.8 Å². The van der Waals surface area contributed by atoms with Crippen LogP contribution in [0.3, 0.4) is 0 Å². The number of hydrogen-bond acceptors (Lipinski definition) is 6. The van der Waals surface area contributed by atoms with Gasteiger partial charge in [0, 0.05) is 18.7 Å². The molecule has 2 heterocycles. The summed E-state index contributed by atoms with van der Waals surface area (Å²) in [4.78, 5) is 19.2. The van der Waals surface area contributed by atoms with E-state index in [4.69, 9.17) is 9.26 Å². The number of benzene rings is 2. The molecule has 3 aromatic rings. The molecule has 7 nitrogen and oxygen atoms in total. The summed E-state index contributed by atoms with van der Waals surface area (Å²) in [6.45, 7) is 2.63. The minimum absolute atomic E-state index is 0.0564. The zero-order valence-electron chi connectivity index (χ0n) is 18.1. The molecule has 1 aliphatic heterocycles. The molecule has 1 unspecified atom stereocenters. The van der Waals surface area contributed by atoms with Crippen LogP contribution >= 0.6 is 0 Å². The fraction of sp³-hybridized carbons (Fsp3) is 0.375. The highest BCUT2D eigenvalue weighted by Gasteiger charge is 2.26. The maximum atomic E-state index is 13.1. The Bertz CT molecular complexity index is 1020. The van der Waals surface area contributed by atoms with E-state index in [2.05, 4.69) is 20.4 Å². The molecule has 1 fully saturated rings. The Hall–Kier alpha value is -3.26. The van der Waals surface area contributed by atoms with E-state index in [1.165, 1.54) is 12.1 Å². The molecule has 0 spiro atoms. The summed E-state index contributed by atoms with van der Waals surface area (Å²) < 4.78 is 23.6. The molecule has 0 aliphatic carbocycles. The van der Waals surface area contributed by atoms with Crippen molar-refractivity contribution >= 4 is 5.91 Å². The van der Waals surface area contributed by atoms with E-state index in [1.807, 2.05) is 24.3 Å². The predicted octanol–water partition coefficient (Wildman–Crippen LogP) is 3.46. The average molecular weight is 439 g/mol. The predicted molar refractivity (Wildman–Crippen MR) is 117 cm³/mol. The Labute approximate surface area is 186 Å². The van der Waals surface area contributed by atoms with Gasteiger partial charge >= 0.3 is 0 Å². The Morgan fingerprint density at radius 2 is 2.00 bits per heavy atom. The van der Waals surface area contributed by atoms with Gasteiger partial charge in [-0.15, -0.1) is 0 Å². The second kappa shape index (κ2) is 10.4. The van der Waals surface area contributed by atoms with Crippen LogP contribution < -0.4 is 10.1 Å². The lowest BCUT2D eigenvalue weighted by molar-refractivity contribution is -0.126. The maximum absolute atomic E-state index is 13.1. The van der Waals surface area contributed by atoms with Crippen molar-refractivity contribution < 1.29 is 18.4 Å². The monoisotopic (exact) mass is 438 g/mol. The average Bonchev–Trinajstić information content (AvgIpc) is 3.28. The quantitative estimate of drug-likeness (QED) is 0.580. The lowest BCUT2D eigenvalue weighted by atomic mass is 9.97. The summed E-state index contributed by atoms with van der Waals surface area (Å²) in [6, 6.07) is 13.9. The molecule has 1 amide bonds. The minimum atomic E-state index is -0.306. The lowest BCUT2D eigenvalue weighted by Gasteiger charge is -2.30. The number of ether oxygens (including phenoxy) is 1. The van der Waals surface area contributed by atoms with Crippen molar-refractivity contribution in [1.82, 2.24) is 20.4 Å². The van der Waals surface area contributed by atoms with Gasteiger partial charge in [0.15, 0.2) is 0 Å². The molecule has 32 heavy (non-hydrogen) atoms. The van der Waals surface area contributed by atoms with Gasteiger partial charge in [0.1, 0.15) is 11.6 Å². The highest BCUT2D eigenvalue weighted by atomic mass is 19.1. The van der Waals surface area contributed by atoms with Crippen LogP contribution in [0, 0.1) is 11.7 Å². The highest BCUT2D eigenvalue weighted by molar-refractivity contribution is 5.79. The van der Waals surface area contributed by atoms with Crippen LogP contribution in [0.25, 0.3) is 11.4 Å². The Balaban J connectivity index is 1.25. The fourth-order valence-electron chi connectivity index (χ4n) is 3.91. The van der Waals surface area contributed by atoms with Crippen molar-refractivity contribution in [3.8, 4) is 17.1 Å². The highest BCUT2D eigenvalue weighted by Crippen LogP contribution is 2.21. The summed E-state index contributed by atoms with van der Waals surface area (Å²) in [6.07, 6.45) is 2.59. The first kappa shape index (κ1) is 22.0. The summed E-state index contributed by atoms with van der Waals surface area (Å²) >= 11 is 0. The molecule has 1 saturated heterocycles. The zero-order chi connectivity index (χ0) is 22.3. The lowest BCUT2D eigenvalue weighted by Crippen LogP contribution is -2.43. The van der Waals surface area contributed by atoms with E-state index in [9.17, 15) is 9.18 Å². The molecule has 2 aromatic carbocycles. The number of methoxy groups -OCH3 is 1. The molecular formula is C24H27FN4O3. The number of aromatic nitrogens is 2. The number of piperidine rings is 1. The molecule has 1 N–H and O–H groups in total. The number of rotatable bonds is 8. The Morgan fingerprint density at radius 1 is 1.22 bits per heavy atom. The van der Waals surface area contributed by atoms with Crippen molar-refractivity contribution in [2.45, 2.75) is 25.8 Å². The van der Waals surface area contributed by atoms with Gasteiger partial charge in [0.05, 0.1) is 19.6 Å². The maximum Gasteiger partial charge on any atom is 0.241 e. The zero-order valence-corrected chi connectivity index (χ0v) is 18.1. The smallest absolute Gasteiger partial charge is 0.241 e. The van der Waals surface area contributed by atoms with Crippen molar-refractivity contribution in [1.29, 1.82) is 0 Å². The number of likely N-dealkylation sites (tertiary alicyclic amines) is 1. The van der Waals surface area contributed by atoms with E-state index < -0.39 is 0 Å². The van der Waals surface area contributed by atoms with Crippen LogP contribution in [-0.2, 0) is 17.8 Å². The molecular weight excluding hydrogens is 411 g/mol. The van der Waals surface area contributed by atoms with Crippen LogP contribution in [0.1, 0.15) is 24.3 Å². The van der Waals surface area contributed by atoms with Crippen molar-refractivity contribution in [3.05, 3.63) is 65.8 Å². The van der Waals surface area contributed by atoms with Crippen LogP contribution in [0.15, 0.2) is 53.1 Å². The third-order valence-corrected chi connectivity index (χ3v) is 5.68. The van der Waals surface area contributed by atoms with E-state index in [1.54, 1.807) is 19.2 Å². The summed E-state index contributed by atoms with van der Waals surface area (Å²) in [7, 11) is 1.64. The summed E-state index contributed by atoms with van der Waals surface area (Å²) in [5, 5.41) is 7.06. The molecule has 1 aliphatic rings. The standard InChI is InChI=1S/C24H27FN4O3/c1-31-21-10-4-17(5-11-21)12-13-26-24(30)19-3-2-14-29(15-19)16-22-27-23(28-32-22)18-6-8-20(25)9-7-18/h4-11,19H,2-3,12-16H2,1H3,(H,26,30). The van der Waals surface area contributed by atoms with Gasteiger partial charge < -0.3 is 14.6 Å². The van der Waals surface area contributed by atoms with E-state index in [-0.39, 0.29) is 17.6 Å². The van der Waals surface area contributed by atoms with Crippen LogP contribution in [0.4, 0.5) is 4.39 Å². The molecule has 4 rings (SSSR count). The van der Waals surface area contributed by atoms with Crippen molar-refractivity contribution in [2.24, 2.45) is 5.92 Å². The number of halogens is 1. The molecule has 1 atom stereocenters. The second-order valence-electron chi connectivity index (χ2n) is 7.98. The van der Waals surface area contributed by atoms with E-state index in [0.717, 1.165) is 37.1 Å². The van der Waals surface area contributed by atoms with Crippen molar-refractivity contribution in [3.63, 3.8) is 0 Å². The van der Waals surface area contributed by atoms with Crippen LogP contribution in [-0.4, -0.2) is 47.7 Å². The summed E-state index contributed by atoms with van der Waals surface area (Å²) in [5.41, 5.74) is 1.86. The molecule has 168 valence electrons. The number of amides is 1. The van der Waals surface area contributed by atoms with Crippen molar-refractivity contribution in [2.75, 3.05) is 26.7 Å². The number of nitrogens with one attached hydrogen (secondary N) is 1. The van der Waals surface area contributed by atoms with Gasteiger partial charge in [-0.3, -0.25) is 9.69 Å². The number of carbonyl (C=O) groups is 1. The number of hydrogen-bond donors (Lipinski definition) is 1. The van der Waals surface area contributed by atoms with E-state index >= 15 is 0 Å². The first-order valence-corrected chi connectivity index (χ1v) is 10.8. The number of carbonyl (C=O) groups excluding carboxylic acids is 1. The van der Waals surface area contributed by atoms with Gasteiger partial charge in [-0.2, -0.15) is 4.98 Å². The Morgan fingerprint density at radius 3 is 2.75 bits per heavy atom. The van der Waals surface area contributed by atoms with Gasteiger partial charge in [-0.25, -0.2) is 4.39 Å². The second-order valence-corrected chi connectivity index (χ2v) is 7.98. The fourth-order valence-corrected chi connectivity index (χ4v) is 3.91. The molecule has 8 heteroatoms. The SMILES string of the molecule is COc1ccc(CCNC(=O)C2CCCN(Cc3nc(-c4ccc(F)cc4)no3)C2)cc1. The topological polar surface area (TPSA) is 80.5 Å². The summed E-state index contributed by atoms with van der Waals surface area (Å²) in [5.74, 6) is 1.47. The first-order chi connectivity index (χ1) is 15.6. The molecule has 1 aromatic heterocycles. The van der Waals surface area contributed by atoms with Gasteiger partial charge in [-0.1, -0.05) is 17.3 Å².